The summed E-state index contributed by atoms with van der Waals surface area (Å²) in [6.07, 6.45) is 0.971. The van der Waals surface area contributed by atoms with Gasteiger partial charge in [0.15, 0.2) is 0 Å². The molecule has 5 nitrogen and oxygen atoms in total. The molecule has 0 aliphatic carbocycles. The van der Waals surface area contributed by atoms with Crippen LogP contribution in [0.2, 0.25) is 0 Å². The minimum Gasteiger partial charge on any atom is -0.380 e. The van der Waals surface area contributed by atoms with Gasteiger partial charge in [0.25, 0.3) is 0 Å². The molecular weight excluding hydrogens is 204 g/mol. The highest BCUT2D eigenvalue weighted by molar-refractivity contribution is 5.36. The molecule has 1 aromatic rings. The van der Waals surface area contributed by atoms with Crippen molar-refractivity contribution in [3.05, 3.63) is 17.5 Å². The highest BCUT2D eigenvalue weighted by Gasteiger charge is 2.13. The quantitative estimate of drug-likeness (QED) is 0.700. The summed E-state index contributed by atoms with van der Waals surface area (Å²) in [6.45, 7) is 5.02. The SMILES string of the molecule is Cc1cc(C#N)nc(N2CCCOCC2)n1. The molecule has 0 spiro atoms. The lowest BCUT2D eigenvalue weighted by atomic mass is 10.3. The van der Waals surface area contributed by atoms with Crippen molar-refractivity contribution in [2.45, 2.75) is 13.3 Å². The van der Waals surface area contributed by atoms with Gasteiger partial charge >= 0.3 is 0 Å². The van der Waals surface area contributed by atoms with Gasteiger partial charge in [0.2, 0.25) is 5.95 Å². The van der Waals surface area contributed by atoms with Crippen molar-refractivity contribution >= 4 is 5.95 Å². The van der Waals surface area contributed by atoms with E-state index < -0.39 is 0 Å². The Morgan fingerprint density at radius 1 is 1.38 bits per heavy atom. The van der Waals surface area contributed by atoms with Gasteiger partial charge in [-0.2, -0.15) is 5.26 Å². The lowest BCUT2D eigenvalue weighted by Gasteiger charge is -2.19. The minimum absolute atomic E-state index is 0.424. The number of hydrogen-bond acceptors (Lipinski definition) is 5. The Bertz CT molecular complexity index is 405. The third kappa shape index (κ3) is 2.47. The Balaban J connectivity index is 2.24. The second kappa shape index (κ2) is 4.90. The van der Waals surface area contributed by atoms with Crippen molar-refractivity contribution in [1.29, 1.82) is 5.26 Å². The lowest BCUT2D eigenvalue weighted by molar-refractivity contribution is 0.152. The molecule has 2 heterocycles. The predicted molar refractivity (Wildman–Crippen MR) is 59.1 cm³/mol. The van der Waals surface area contributed by atoms with Gasteiger partial charge in [-0.1, -0.05) is 0 Å². The van der Waals surface area contributed by atoms with Gasteiger partial charge in [0.1, 0.15) is 11.8 Å². The summed E-state index contributed by atoms with van der Waals surface area (Å²) < 4.78 is 5.37. The average molecular weight is 218 g/mol. The molecule has 0 N–H and O–H groups in total. The number of hydrogen-bond donors (Lipinski definition) is 0. The molecule has 0 amide bonds. The minimum atomic E-state index is 0.424. The van der Waals surface area contributed by atoms with Gasteiger partial charge in [-0.25, -0.2) is 9.97 Å². The number of ether oxygens (including phenoxy) is 1. The second-order valence-electron chi connectivity index (χ2n) is 3.76. The van der Waals surface area contributed by atoms with Crippen LogP contribution < -0.4 is 4.90 Å². The summed E-state index contributed by atoms with van der Waals surface area (Å²) in [7, 11) is 0. The maximum absolute atomic E-state index is 8.86. The largest absolute Gasteiger partial charge is 0.380 e. The Morgan fingerprint density at radius 2 is 2.25 bits per heavy atom. The molecule has 1 aliphatic heterocycles. The van der Waals surface area contributed by atoms with E-state index in [1.165, 1.54) is 0 Å². The number of anilines is 1. The van der Waals surface area contributed by atoms with Crippen molar-refractivity contribution in [3.8, 4) is 6.07 Å². The fraction of sp³-hybridized carbons (Fsp3) is 0.545. The Hall–Kier alpha value is -1.67. The maximum Gasteiger partial charge on any atom is 0.226 e. The van der Waals surface area contributed by atoms with Crippen molar-refractivity contribution in [2.75, 3.05) is 31.2 Å². The third-order valence-electron chi connectivity index (χ3n) is 2.46. The number of nitriles is 1. The van der Waals surface area contributed by atoms with E-state index in [-0.39, 0.29) is 0 Å². The molecule has 0 atom stereocenters. The van der Waals surface area contributed by atoms with Gasteiger partial charge in [-0.05, 0) is 19.4 Å². The van der Waals surface area contributed by atoms with E-state index in [4.69, 9.17) is 10.00 Å². The molecule has 1 saturated heterocycles. The molecule has 16 heavy (non-hydrogen) atoms. The zero-order chi connectivity index (χ0) is 11.4. The van der Waals surface area contributed by atoms with Crippen LogP contribution >= 0.6 is 0 Å². The molecule has 1 aromatic heterocycles. The summed E-state index contributed by atoms with van der Waals surface area (Å²) in [5.41, 5.74) is 1.25. The number of aryl methyl sites for hydroxylation is 1. The van der Waals surface area contributed by atoms with Crippen molar-refractivity contribution in [1.82, 2.24) is 9.97 Å². The summed E-state index contributed by atoms with van der Waals surface area (Å²) in [5.74, 6) is 0.641. The fourth-order valence-corrected chi connectivity index (χ4v) is 1.70. The molecule has 0 bridgehead atoms. The van der Waals surface area contributed by atoms with E-state index in [2.05, 4.69) is 20.9 Å². The second-order valence-corrected chi connectivity index (χ2v) is 3.76. The van der Waals surface area contributed by atoms with E-state index in [0.29, 0.717) is 18.2 Å². The van der Waals surface area contributed by atoms with Crippen LogP contribution in [-0.4, -0.2) is 36.3 Å². The first-order valence-corrected chi connectivity index (χ1v) is 5.38. The van der Waals surface area contributed by atoms with E-state index >= 15 is 0 Å². The summed E-state index contributed by atoms with van der Waals surface area (Å²) in [4.78, 5) is 10.6. The fourth-order valence-electron chi connectivity index (χ4n) is 1.70. The summed E-state index contributed by atoms with van der Waals surface area (Å²) in [5, 5.41) is 8.86. The predicted octanol–water partition coefficient (Wildman–Crippen LogP) is 0.883. The van der Waals surface area contributed by atoms with Crippen molar-refractivity contribution < 1.29 is 4.74 Å². The van der Waals surface area contributed by atoms with E-state index in [0.717, 1.165) is 31.8 Å². The molecule has 1 fully saturated rings. The molecule has 84 valence electrons. The zero-order valence-electron chi connectivity index (χ0n) is 9.31. The molecule has 2 rings (SSSR count). The Morgan fingerprint density at radius 3 is 3.06 bits per heavy atom. The highest BCUT2D eigenvalue weighted by Crippen LogP contribution is 2.12. The molecular formula is C11H14N4O. The molecule has 1 aliphatic rings. The van der Waals surface area contributed by atoms with E-state index in [9.17, 15) is 0 Å². The first-order chi connectivity index (χ1) is 7.79. The van der Waals surface area contributed by atoms with Crippen molar-refractivity contribution in [2.24, 2.45) is 0 Å². The van der Waals surface area contributed by atoms with Crippen LogP contribution in [0.25, 0.3) is 0 Å². The normalized spacial score (nSPS) is 16.6. The highest BCUT2D eigenvalue weighted by atomic mass is 16.5. The Kier molecular flexibility index (Phi) is 3.32. The van der Waals surface area contributed by atoms with Crippen LogP contribution in [0.15, 0.2) is 6.07 Å². The van der Waals surface area contributed by atoms with Crippen molar-refractivity contribution in [3.63, 3.8) is 0 Å². The van der Waals surface area contributed by atoms with Crippen LogP contribution in [0.1, 0.15) is 17.8 Å². The van der Waals surface area contributed by atoms with Crippen LogP contribution in [0.5, 0.6) is 0 Å². The number of rotatable bonds is 1. The topological polar surface area (TPSA) is 62.0 Å². The average Bonchev–Trinajstić information content (AvgIpc) is 2.56. The first kappa shape index (κ1) is 10.8. The number of nitrogens with zero attached hydrogens (tertiary/aromatic N) is 4. The molecule has 0 aromatic carbocycles. The Labute approximate surface area is 94.7 Å². The van der Waals surface area contributed by atoms with Crippen LogP contribution in [0.3, 0.4) is 0 Å². The van der Waals surface area contributed by atoms with Crippen LogP contribution in [0.4, 0.5) is 5.95 Å². The standard InChI is InChI=1S/C11H14N4O/c1-9-7-10(8-12)14-11(13-9)15-3-2-5-16-6-4-15/h7H,2-6H2,1H3. The van der Waals surface area contributed by atoms with Crippen LogP contribution in [-0.2, 0) is 4.74 Å². The van der Waals surface area contributed by atoms with Gasteiger partial charge in [-0.15, -0.1) is 0 Å². The summed E-state index contributed by atoms with van der Waals surface area (Å²) in [6, 6.07) is 3.75. The first-order valence-electron chi connectivity index (χ1n) is 5.38. The summed E-state index contributed by atoms with van der Waals surface area (Å²) >= 11 is 0. The monoisotopic (exact) mass is 218 g/mol. The van der Waals surface area contributed by atoms with E-state index in [1.807, 2.05) is 6.92 Å². The van der Waals surface area contributed by atoms with E-state index in [1.54, 1.807) is 6.07 Å². The molecule has 5 heteroatoms. The van der Waals surface area contributed by atoms with Crippen LogP contribution in [0, 0.1) is 18.3 Å². The molecule has 0 radical (unpaired) electrons. The van der Waals surface area contributed by atoms with Gasteiger partial charge < -0.3 is 9.64 Å². The maximum atomic E-state index is 8.86. The number of aromatic nitrogens is 2. The lowest BCUT2D eigenvalue weighted by Crippen LogP contribution is -2.28. The molecule has 0 saturated carbocycles. The smallest absolute Gasteiger partial charge is 0.226 e. The zero-order valence-corrected chi connectivity index (χ0v) is 9.31. The van der Waals surface area contributed by atoms with Gasteiger partial charge in [0.05, 0.1) is 6.61 Å². The third-order valence-corrected chi connectivity index (χ3v) is 2.46. The van der Waals surface area contributed by atoms with Gasteiger partial charge in [0, 0.05) is 25.4 Å². The molecule has 0 unspecified atom stereocenters. The van der Waals surface area contributed by atoms with Gasteiger partial charge in [-0.3, -0.25) is 0 Å².